The molecule has 3 aliphatic heterocycles. The number of carbonyl (C=O) groups is 2. The van der Waals surface area contributed by atoms with Crippen LogP contribution in [0.1, 0.15) is 47.3 Å². The zero-order valence-corrected chi connectivity index (χ0v) is 13.7. The Morgan fingerprint density at radius 1 is 1.29 bits per heavy atom. The summed E-state index contributed by atoms with van der Waals surface area (Å²) in [4.78, 5) is 33.5. The molecule has 1 aromatic rings. The van der Waals surface area contributed by atoms with Gasteiger partial charge in [-0.2, -0.15) is 0 Å². The highest BCUT2D eigenvalue weighted by atomic mass is 16.5. The zero-order chi connectivity index (χ0) is 16.3. The number of aromatic nitrogens is 1. The summed E-state index contributed by atoms with van der Waals surface area (Å²) in [6, 6.07) is 1.86. The molecule has 0 unspecified atom stereocenters. The Morgan fingerprint density at radius 3 is 3.08 bits per heavy atom. The van der Waals surface area contributed by atoms with E-state index in [0.29, 0.717) is 38.1 Å². The molecule has 2 amide bonds. The Bertz CT molecular complexity index is 734. The number of rotatable bonds is 1. The lowest BCUT2D eigenvalue weighted by molar-refractivity contribution is -0.136. The molecule has 2 atom stereocenters. The van der Waals surface area contributed by atoms with E-state index >= 15 is 0 Å². The SMILES string of the molecule is O=C(c1cnc2c(c1)CCCC2)N1CC[C@@]23OCCN2C(=O)C[C@@H]13. The molecule has 0 N–H and O–H groups in total. The topological polar surface area (TPSA) is 62.7 Å². The van der Waals surface area contributed by atoms with E-state index in [1.54, 1.807) is 6.20 Å². The molecule has 3 saturated heterocycles. The number of amides is 2. The number of fused-ring (bicyclic) bond motifs is 1. The van der Waals surface area contributed by atoms with Gasteiger partial charge in [0.05, 0.1) is 24.6 Å². The minimum atomic E-state index is -0.561. The Hall–Kier alpha value is -1.95. The lowest BCUT2D eigenvalue weighted by Crippen LogP contribution is -2.48. The van der Waals surface area contributed by atoms with Crippen LogP contribution in [0.4, 0.5) is 0 Å². The molecular formula is C18H21N3O3. The first-order valence-electron chi connectivity index (χ1n) is 8.92. The van der Waals surface area contributed by atoms with Crippen LogP contribution in [0.25, 0.3) is 0 Å². The third kappa shape index (κ3) is 1.83. The van der Waals surface area contributed by atoms with Gasteiger partial charge in [-0.25, -0.2) is 0 Å². The predicted octanol–water partition coefficient (Wildman–Crippen LogP) is 1.13. The van der Waals surface area contributed by atoms with Crippen molar-refractivity contribution in [1.82, 2.24) is 14.8 Å². The van der Waals surface area contributed by atoms with Crippen LogP contribution in [0, 0.1) is 0 Å². The van der Waals surface area contributed by atoms with Gasteiger partial charge in [0, 0.05) is 31.4 Å². The molecule has 6 nitrogen and oxygen atoms in total. The van der Waals surface area contributed by atoms with E-state index in [9.17, 15) is 9.59 Å². The summed E-state index contributed by atoms with van der Waals surface area (Å²) in [7, 11) is 0. The van der Waals surface area contributed by atoms with Crippen LogP contribution in [0.3, 0.4) is 0 Å². The normalized spacial score (nSPS) is 31.2. The highest BCUT2D eigenvalue weighted by Crippen LogP contribution is 2.45. The van der Waals surface area contributed by atoms with Gasteiger partial charge in [0.25, 0.3) is 5.91 Å². The van der Waals surface area contributed by atoms with E-state index in [2.05, 4.69) is 4.98 Å². The van der Waals surface area contributed by atoms with E-state index in [1.807, 2.05) is 15.9 Å². The summed E-state index contributed by atoms with van der Waals surface area (Å²) < 4.78 is 5.96. The quantitative estimate of drug-likeness (QED) is 0.776. The molecule has 1 aromatic heterocycles. The fourth-order valence-corrected chi connectivity index (χ4v) is 4.91. The van der Waals surface area contributed by atoms with Crippen molar-refractivity contribution < 1.29 is 14.3 Å². The van der Waals surface area contributed by atoms with Crippen LogP contribution in [0.2, 0.25) is 0 Å². The summed E-state index contributed by atoms with van der Waals surface area (Å²) in [6.07, 6.45) is 7.17. The van der Waals surface area contributed by atoms with Crippen LogP contribution in [0.5, 0.6) is 0 Å². The third-order valence-electron chi connectivity index (χ3n) is 6.08. The van der Waals surface area contributed by atoms with Crippen LogP contribution in [0.15, 0.2) is 12.3 Å². The van der Waals surface area contributed by atoms with Gasteiger partial charge >= 0.3 is 0 Å². The minimum absolute atomic E-state index is 0.0112. The summed E-state index contributed by atoms with van der Waals surface area (Å²) in [5.41, 5.74) is 2.44. The van der Waals surface area contributed by atoms with E-state index in [4.69, 9.17) is 4.74 Å². The van der Waals surface area contributed by atoms with Crippen molar-refractivity contribution in [2.24, 2.45) is 0 Å². The maximum Gasteiger partial charge on any atom is 0.255 e. The van der Waals surface area contributed by atoms with Gasteiger partial charge in [-0.05, 0) is 37.3 Å². The summed E-state index contributed by atoms with van der Waals surface area (Å²) >= 11 is 0. The number of aryl methyl sites for hydroxylation is 2. The number of hydrogen-bond acceptors (Lipinski definition) is 4. The lowest BCUT2D eigenvalue weighted by Gasteiger charge is -2.31. The van der Waals surface area contributed by atoms with Crippen LogP contribution in [-0.4, -0.2) is 58.1 Å². The van der Waals surface area contributed by atoms with E-state index in [1.165, 1.54) is 18.4 Å². The number of likely N-dealkylation sites (tertiary alicyclic amines) is 1. The molecule has 126 valence electrons. The molecule has 5 rings (SSSR count). The van der Waals surface area contributed by atoms with Gasteiger partial charge in [-0.15, -0.1) is 0 Å². The molecule has 6 heteroatoms. The zero-order valence-electron chi connectivity index (χ0n) is 13.7. The number of pyridine rings is 1. The molecule has 4 heterocycles. The average molecular weight is 327 g/mol. The maximum absolute atomic E-state index is 13.1. The van der Waals surface area contributed by atoms with E-state index in [-0.39, 0.29) is 17.9 Å². The molecule has 0 saturated carbocycles. The van der Waals surface area contributed by atoms with Crippen molar-refractivity contribution in [2.45, 2.75) is 50.3 Å². The van der Waals surface area contributed by atoms with Gasteiger partial charge < -0.3 is 14.5 Å². The molecule has 4 aliphatic rings. The van der Waals surface area contributed by atoms with Crippen LogP contribution in [-0.2, 0) is 22.4 Å². The van der Waals surface area contributed by atoms with Crippen LogP contribution >= 0.6 is 0 Å². The van der Waals surface area contributed by atoms with Crippen molar-refractivity contribution in [3.63, 3.8) is 0 Å². The first-order chi connectivity index (χ1) is 11.7. The second kappa shape index (κ2) is 5.02. The second-order valence-corrected chi connectivity index (χ2v) is 7.24. The van der Waals surface area contributed by atoms with Gasteiger partial charge in [-0.1, -0.05) is 0 Å². The fraction of sp³-hybridized carbons (Fsp3) is 0.611. The number of ether oxygens (including phenoxy) is 1. The van der Waals surface area contributed by atoms with Gasteiger partial charge in [0.15, 0.2) is 5.72 Å². The number of carbonyl (C=O) groups excluding carboxylic acids is 2. The van der Waals surface area contributed by atoms with Gasteiger partial charge in [0.2, 0.25) is 5.91 Å². The molecule has 0 radical (unpaired) electrons. The van der Waals surface area contributed by atoms with E-state index < -0.39 is 5.72 Å². The highest BCUT2D eigenvalue weighted by Gasteiger charge is 2.62. The maximum atomic E-state index is 13.1. The standard InChI is InChI=1S/C18H21N3O3/c22-16-10-15-18(21(16)7-8-24-18)5-6-20(15)17(23)13-9-12-3-1-2-4-14(12)19-11-13/h9,11,15H,1-8,10H2/t15-,18+/m1/s1. The summed E-state index contributed by atoms with van der Waals surface area (Å²) in [5.74, 6) is 0.0986. The Kier molecular flexibility index (Phi) is 3.01. The largest absolute Gasteiger partial charge is 0.351 e. The Labute approximate surface area is 140 Å². The Morgan fingerprint density at radius 2 is 2.17 bits per heavy atom. The van der Waals surface area contributed by atoms with Crippen molar-refractivity contribution in [3.05, 3.63) is 29.1 Å². The minimum Gasteiger partial charge on any atom is -0.351 e. The molecule has 1 spiro atoms. The molecule has 0 bridgehead atoms. The van der Waals surface area contributed by atoms with Crippen molar-refractivity contribution in [2.75, 3.05) is 19.7 Å². The van der Waals surface area contributed by atoms with Crippen molar-refractivity contribution in [3.8, 4) is 0 Å². The second-order valence-electron chi connectivity index (χ2n) is 7.24. The van der Waals surface area contributed by atoms with Crippen molar-refractivity contribution >= 4 is 11.8 Å². The number of hydrogen-bond donors (Lipinski definition) is 0. The van der Waals surface area contributed by atoms with Crippen LogP contribution < -0.4 is 0 Å². The highest BCUT2D eigenvalue weighted by molar-refractivity contribution is 5.95. The lowest BCUT2D eigenvalue weighted by atomic mass is 9.95. The van der Waals surface area contributed by atoms with E-state index in [0.717, 1.165) is 18.5 Å². The molecule has 24 heavy (non-hydrogen) atoms. The summed E-state index contributed by atoms with van der Waals surface area (Å²) in [5, 5.41) is 0. The molecular weight excluding hydrogens is 306 g/mol. The monoisotopic (exact) mass is 327 g/mol. The molecule has 1 aliphatic carbocycles. The fourth-order valence-electron chi connectivity index (χ4n) is 4.91. The summed E-state index contributed by atoms with van der Waals surface area (Å²) in [6.45, 7) is 1.87. The van der Waals surface area contributed by atoms with Gasteiger partial charge in [-0.3, -0.25) is 14.6 Å². The number of nitrogens with zero attached hydrogens (tertiary/aromatic N) is 3. The van der Waals surface area contributed by atoms with Gasteiger partial charge in [0.1, 0.15) is 0 Å². The predicted molar refractivity (Wildman–Crippen MR) is 85.3 cm³/mol. The Balaban J connectivity index is 1.45. The smallest absolute Gasteiger partial charge is 0.255 e. The third-order valence-corrected chi connectivity index (χ3v) is 6.08. The molecule has 3 fully saturated rings. The first kappa shape index (κ1) is 14.4. The average Bonchev–Trinajstić information content (AvgIpc) is 3.25. The first-order valence-corrected chi connectivity index (χ1v) is 8.92. The van der Waals surface area contributed by atoms with Crippen molar-refractivity contribution in [1.29, 1.82) is 0 Å². The molecule has 0 aromatic carbocycles.